The highest BCUT2D eigenvalue weighted by Gasteiger charge is 2.09. The average Bonchev–Trinajstić information content (AvgIpc) is 2.71. The first-order valence-electron chi connectivity index (χ1n) is 3.92. The van der Waals surface area contributed by atoms with Crippen molar-refractivity contribution in [3.8, 4) is 11.3 Å². The van der Waals surface area contributed by atoms with Gasteiger partial charge in [0, 0.05) is 24.2 Å². The molecule has 0 saturated heterocycles. The van der Waals surface area contributed by atoms with Gasteiger partial charge < -0.3 is 0 Å². The smallest absolute Gasteiger partial charge is 0.153 e. The second kappa shape index (κ2) is 3.59. The number of rotatable bonds is 2. The summed E-state index contributed by atoms with van der Waals surface area (Å²) in [5.41, 5.74) is 1.69. The Morgan fingerprint density at radius 1 is 1.43 bits per heavy atom. The second-order valence-electron chi connectivity index (χ2n) is 2.67. The number of aromatic nitrogens is 3. The standard InChI is InChI=1S/C9H6ClN3O/c10-9-6(5-14)3-11-4-7(9)8-1-2-12-13-8/h1-5H,(H,12,13). The third-order valence-electron chi connectivity index (χ3n) is 1.81. The Kier molecular flexibility index (Phi) is 2.28. The van der Waals surface area contributed by atoms with Crippen molar-refractivity contribution in [3.05, 3.63) is 35.2 Å². The highest BCUT2D eigenvalue weighted by molar-refractivity contribution is 6.35. The van der Waals surface area contributed by atoms with Crippen molar-refractivity contribution in [2.75, 3.05) is 0 Å². The van der Waals surface area contributed by atoms with Gasteiger partial charge in [0.2, 0.25) is 0 Å². The van der Waals surface area contributed by atoms with Gasteiger partial charge in [0.15, 0.2) is 6.29 Å². The van der Waals surface area contributed by atoms with Gasteiger partial charge in [-0.1, -0.05) is 11.6 Å². The van der Waals surface area contributed by atoms with E-state index in [9.17, 15) is 4.79 Å². The van der Waals surface area contributed by atoms with Crippen molar-refractivity contribution in [1.29, 1.82) is 0 Å². The van der Waals surface area contributed by atoms with E-state index in [-0.39, 0.29) is 0 Å². The molecule has 0 aliphatic rings. The number of halogens is 1. The SMILES string of the molecule is O=Cc1cncc(-c2cc[nH]n2)c1Cl. The molecule has 70 valence electrons. The van der Waals surface area contributed by atoms with Gasteiger partial charge >= 0.3 is 0 Å². The lowest BCUT2D eigenvalue weighted by molar-refractivity contribution is 0.112. The summed E-state index contributed by atoms with van der Waals surface area (Å²) in [7, 11) is 0. The molecule has 2 heterocycles. The van der Waals surface area contributed by atoms with Crippen molar-refractivity contribution in [3.63, 3.8) is 0 Å². The van der Waals surface area contributed by atoms with Crippen LogP contribution in [-0.4, -0.2) is 21.5 Å². The predicted octanol–water partition coefficient (Wildman–Crippen LogP) is 1.94. The van der Waals surface area contributed by atoms with Gasteiger partial charge in [-0.15, -0.1) is 0 Å². The van der Waals surface area contributed by atoms with Crippen molar-refractivity contribution < 1.29 is 4.79 Å². The molecular weight excluding hydrogens is 202 g/mol. The highest BCUT2D eigenvalue weighted by atomic mass is 35.5. The lowest BCUT2D eigenvalue weighted by atomic mass is 10.1. The van der Waals surface area contributed by atoms with Crippen LogP contribution in [0.2, 0.25) is 5.02 Å². The van der Waals surface area contributed by atoms with E-state index in [1.807, 2.05) is 0 Å². The first kappa shape index (κ1) is 8.90. The van der Waals surface area contributed by atoms with Gasteiger partial charge in [0.05, 0.1) is 16.3 Å². The molecule has 2 aromatic rings. The third-order valence-corrected chi connectivity index (χ3v) is 2.23. The first-order chi connectivity index (χ1) is 6.83. The van der Waals surface area contributed by atoms with Gasteiger partial charge in [-0.3, -0.25) is 14.9 Å². The Morgan fingerprint density at radius 3 is 2.93 bits per heavy atom. The van der Waals surface area contributed by atoms with Crippen LogP contribution in [0.4, 0.5) is 0 Å². The summed E-state index contributed by atoms with van der Waals surface area (Å²) in [6.45, 7) is 0. The predicted molar refractivity (Wildman–Crippen MR) is 52.2 cm³/mol. The minimum atomic E-state index is 0.368. The molecule has 14 heavy (non-hydrogen) atoms. The van der Waals surface area contributed by atoms with Gasteiger partial charge in [0.1, 0.15) is 0 Å². The zero-order valence-corrected chi connectivity index (χ0v) is 7.82. The number of carbonyl (C=O) groups excluding carboxylic acids is 1. The maximum Gasteiger partial charge on any atom is 0.153 e. The van der Waals surface area contributed by atoms with Gasteiger partial charge in [0.25, 0.3) is 0 Å². The maximum absolute atomic E-state index is 10.6. The molecule has 0 aliphatic heterocycles. The molecule has 4 nitrogen and oxygen atoms in total. The van der Waals surface area contributed by atoms with E-state index in [0.29, 0.717) is 28.1 Å². The zero-order chi connectivity index (χ0) is 9.97. The number of hydrogen-bond donors (Lipinski definition) is 1. The van der Waals surface area contributed by atoms with E-state index >= 15 is 0 Å². The molecule has 2 rings (SSSR count). The van der Waals surface area contributed by atoms with Gasteiger partial charge in [-0.25, -0.2) is 0 Å². The van der Waals surface area contributed by atoms with Gasteiger partial charge in [-0.05, 0) is 6.07 Å². The van der Waals surface area contributed by atoms with E-state index in [4.69, 9.17) is 11.6 Å². The summed E-state index contributed by atoms with van der Waals surface area (Å²) < 4.78 is 0. The van der Waals surface area contributed by atoms with Crippen LogP contribution in [0.1, 0.15) is 10.4 Å². The fourth-order valence-electron chi connectivity index (χ4n) is 1.13. The Morgan fingerprint density at radius 2 is 2.29 bits per heavy atom. The van der Waals surface area contributed by atoms with Crippen molar-refractivity contribution in [2.45, 2.75) is 0 Å². The second-order valence-corrected chi connectivity index (χ2v) is 3.05. The number of nitrogens with one attached hydrogen (secondary N) is 1. The number of H-pyrrole nitrogens is 1. The molecule has 0 amide bonds. The molecule has 0 bridgehead atoms. The summed E-state index contributed by atoms with van der Waals surface area (Å²) in [5, 5.41) is 7.00. The summed E-state index contributed by atoms with van der Waals surface area (Å²) in [6.07, 6.45) is 5.35. The van der Waals surface area contributed by atoms with Crippen LogP contribution in [0.15, 0.2) is 24.7 Å². The summed E-state index contributed by atoms with van der Waals surface area (Å²) in [5.74, 6) is 0. The van der Waals surface area contributed by atoms with E-state index < -0.39 is 0 Å². The third kappa shape index (κ3) is 1.40. The molecule has 0 fully saturated rings. The number of aromatic amines is 1. The molecule has 0 aliphatic carbocycles. The number of carbonyl (C=O) groups is 1. The fraction of sp³-hybridized carbons (Fsp3) is 0. The molecule has 2 aromatic heterocycles. The van der Waals surface area contributed by atoms with Crippen molar-refractivity contribution in [2.24, 2.45) is 0 Å². The number of nitrogens with zero attached hydrogens (tertiary/aromatic N) is 2. The first-order valence-corrected chi connectivity index (χ1v) is 4.29. The average molecular weight is 208 g/mol. The normalized spacial score (nSPS) is 10.1. The molecule has 0 radical (unpaired) electrons. The minimum Gasteiger partial charge on any atom is -0.298 e. The maximum atomic E-state index is 10.6. The van der Waals surface area contributed by atoms with E-state index in [2.05, 4.69) is 15.2 Å². The van der Waals surface area contributed by atoms with E-state index in [1.54, 1.807) is 18.5 Å². The van der Waals surface area contributed by atoms with Crippen LogP contribution in [0.5, 0.6) is 0 Å². The molecule has 0 aromatic carbocycles. The molecule has 0 unspecified atom stereocenters. The fourth-order valence-corrected chi connectivity index (χ4v) is 1.37. The van der Waals surface area contributed by atoms with Gasteiger partial charge in [-0.2, -0.15) is 5.10 Å². The summed E-state index contributed by atoms with van der Waals surface area (Å²) in [6, 6.07) is 1.76. The van der Waals surface area contributed by atoms with Crippen LogP contribution < -0.4 is 0 Å². The lowest BCUT2D eigenvalue weighted by Gasteiger charge is -2.00. The number of aldehydes is 1. The van der Waals surface area contributed by atoms with Crippen LogP contribution in [-0.2, 0) is 0 Å². The van der Waals surface area contributed by atoms with Crippen molar-refractivity contribution in [1.82, 2.24) is 15.2 Å². The van der Waals surface area contributed by atoms with E-state index in [1.165, 1.54) is 6.20 Å². The van der Waals surface area contributed by atoms with Crippen LogP contribution in [0, 0.1) is 0 Å². The number of hydrogen-bond acceptors (Lipinski definition) is 3. The van der Waals surface area contributed by atoms with Crippen LogP contribution >= 0.6 is 11.6 Å². The zero-order valence-electron chi connectivity index (χ0n) is 7.07. The topological polar surface area (TPSA) is 58.6 Å². The minimum absolute atomic E-state index is 0.368. The lowest BCUT2D eigenvalue weighted by Crippen LogP contribution is -1.89. The Labute approximate surface area is 84.9 Å². The largest absolute Gasteiger partial charge is 0.298 e. The molecule has 5 heteroatoms. The quantitative estimate of drug-likeness (QED) is 0.766. The highest BCUT2D eigenvalue weighted by Crippen LogP contribution is 2.26. The van der Waals surface area contributed by atoms with E-state index in [0.717, 1.165) is 0 Å². The summed E-state index contributed by atoms with van der Waals surface area (Å²) >= 11 is 5.98. The molecular formula is C9H6ClN3O. The monoisotopic (exact) mass is 207 g/mol. The molecule has 1 N–H and O–H groups in total. The number of pyridine rings is 1. The molecule has 0 atom stereocenters. The summed E-state index contributed by atoms with van der Waals surface area (Å²) in [4.78, 5) is 14.5. The Bertz CT molecular complexity index is 453. The molecule has 0 spiro atoms. The van der Waals surface area contributed by atoms with Crippen molar-refractivity contribution >= 4 is 17.9 Å². The Balaban J connectivity index is 2.60. The van der Waals surface area contributed by atoms with Crippen LogP contribution in [0.3, 0.4) is 0 Å². The Hall–Kier alpha value is -1.68. The van der Waals surface area contributed by atoms with Crippen LogP contribution in [0.25, 0.3) is 11.3 Å². The molecule has 0 saturated carbocycles.